The fourth-order valence-corrected chi connectivity index (χ4v) is 1.77. The van der Waals surface area contributed by atoms with Gasteiger partial charge >= 0.3 is 0 Å². The second-order valence-corrected chi connectivity index (χ2v) is 3.89. The molecule has 1 aliphatic rings. The predicted octanol–water partition coefficient (Wildman–Crippen LogP) is 1.21. The van der Waals surface area contributed by atoms with Gasteiger partial charge in [0.25, 0.3) is 0 Å². The summed E-state index contributed by atoms with van der Waals surface area (Å²) < 4.78 is 5.13. The number of para-hydroxylation sites is 1. The van der Waals surface area contributed by atoms with Gasteiger partial charge < -0.3 is 20.9 Å². The summed E-state index contributed by atoms with van der Waals surface area (Å²) in [7, 11) is 1.60. The number of nitrogen functional groups attached to an aromatic ring is 1. The molecular weight excluding hydrogens is 192 g/mol. The van der Waals surface area contributed by atoms with Crippen LogP contribution in [0, 0.1) is 0 Å². The van der Waals surface area contributed by atoms with E-state index >= 15 is 0 Å². The molecule has 0 heterocycles. The summed E-state index contributed by atoms with van der Waals surface area (Å²) in [6, 6.07) is 5.97. The van der Waals surface area contributed by atoms with Gasteiger partial charge in [0.15, 0.2) is 0 Å². The number of nitrogens with one attached hydrogen (secondary N) is 1. The van der Waals surface area contributed by atoms with Gasteiger partial charge in [0.05, 0.1) is 24.6 Å². The number of rotatable bonds is 3. The summed E-state index contributed by atoms with van der Waals surface area (Å²) in [4.78, 5) is 0. The Morgan fingerprint density at radius 2 is 2.20 bits per heavy atom. The van der Waals surface area contributed by atoms with Crippen LogP contribution >= 0.6 is 0 Å². The number of hydrogen-bond acceptors (Lipinski definition) is 4. The maximum atomic E-state index is 9.17. The number of aliphatic hydroxyl groups is 1. The summed E-state index contributed by atoms with van der Waals surface area (Å²) in [5.41, 5.74) is 7.41. The molecular formula is C11H16N2O2. The number of aliphatic hydroxyl groups excluding tert-OH is 1. The van der Waals surface area contributed by atoms with Crippen LogP contribution in [0.3, 0.4) is 0 Å². The largest absolute Gasteiger partial charge is 0.495 e. The highest BCUT2D eigenvalue weighted by atomic mass is 16.5. The van der Waals surface area contributed by atoms with E-state index in [0.29, 0.717) is 17.5 Å². The molecule has 0 spiro atoms. The zero-order valence-electron chi connectivity index (χ0n) is 8.73. The van der Waals surface area contributed by atoms with Crippen LogP contribution in [0.4, 0.5) is 11.4 Å². The van der Waals surface area contributed by atoms with Crippen LogP contribution in [-0.2, 0) is 0 Å². The molecule has 2 rings (SSSR count). The molecule has 4 nitrogen and oxygen atoms in total. The van der Waals surface area contributed by atoms with Crippen molar-refractivity contribution in [2.24, 2.45) is 0 Å². The fraction of sp³-hybridized carbons (Fsp3) is 0.455. The number of nitrogens with two attached hydrogens (primary N) is 1. The lowest BCUT2D eigenvalue weighted by molar-refractivity contribution is 0.0837. The number of hydrogen-bond donors (Lipinski definition) is 3. The van der Waals surface area contributed by atoms with Gasteiger partial charge in [-0.05, 0) is 25.0 Å². The normalized spacial score (nSPS) is 24.4. The Morgan fingerprint density at radius 3 is 2.80 bits per heavy atom. The summed E-state index contributed by atoms with van der Waals surface area (Å²) in [6.07, 6.45) is 1.42. The molecule has 0 unspecified atom stereocenters. The van der Waals surface area contributed by atoms with Gasteiger partial charge in [-0.15, -0.1) is 0 Å². The van der Waals surface area contributed by atoms with Gasteiger partial charge in [-0.25, -0.2) is 0 Å². The molecule has 1 aromatic carbocycles. The predicted molar refractivity (Wildman–Crippen MR) is 60.1 cm³/mol. The monoisotopic (exact) mass is 208 g/mol. The van der Waals surface area contributed by atoms with Crippen LogP contribution in [0.15, 0.2) is 18.2 Å². The quantitative estimate of drug-likeness (QED) is 0.653. The van der Waals surface area contributed by atoms with Crippen molar-refractivity contribution in [1.82, 2.24) is 0 Å². The molecule has 1 aliphatic carbocycles. The Hall–Kier alpha value is -1.42. The van der Waals surface area contributed by atoms with Crippen molar-refractivity contribution in [3.05, 3.63) is 18.2 Å². The Balaban J connectivity index is 2.07. The van der Waals surface area contributed by atoms with Crippen molar-refractivity contribution in [1.29, 1.82) is 0 Å². The minimum Gasteiger partial charge on any atom is -0.495 e. The van der Waals surface area contributed by atoms with Gasteiger partial charge in [-0.3, -0.25) is 0 Å². The topological polar surface area (TPSA) is 67.5 Å². The van der Waals surface area contributed by atoms with Gasteiger partial charge in [-0.2, -0.15) is 0 Å². The molecule has 1 saturated carbocycles. The number of anilines is 2. The molecule has 4 heteroatoms. The van der Waals surface area contributed by atoms with Crippen LogP contribution in [0.5, 0.6) is 5.75 Å². The standard InChI is InChI=1S/C11H16N2O2/c1-15-10-4-2-3-9(11(10)12)13-7-5-8(14)6-7/h2-4,7-8,13-14H,5-6,12H2,1H3. The lowest BCUT2D eigenvalue weighted by Crippen LogP contribution is -2.39. The van der Waals surface area contributed by atoms with E-state index in [1.165, 1.54) is 0 Å². The van der Waals surface area contributed by atoms with E-state index in [4.69, 9.17) is 10.5 Å². The van der Waals surface area contributed by atoms with Gasteiger partial charge in [0.2, 0.25) is 0 Å². The summed E-state index contributed by atoms with van der Waals surface area (Å²) in [5, 5.41) is 12.5. The van der Waals surface area contributed by atoms with E-state index in [0.717, 1.165) is 18.5 Å². The van der Waals surface area contributed by atoms with E-state index in [1.807, 2.05) is 18.2 Å². The molecule has 82 valence electrons. The van der Waals surface area contributed by atoms with Crippen molar-refractivity contribution in [3.8, 4) is 5.75 Å². The molecule has 0 aliphatic heterocycles. The first-order valence-electron chi connectivity index (χ1n) is 5.07. The third-order valence-electron chi connectivity index (χ3n) is 2.76. The molecule has 0 atom stereocenters. The van der Waals surface area contributed by atoms with Crippen LogP contribution in [0.1, 0.15) is 12.8 Å². The molecule has 1 fully saturated rings. The first-order valence-corrected chi connectivity index (χ1v) is 5.07. The van der Waals surface area contributed by atoms with Crippen LogP contribution in [0.25, 0.3) is 0 Å². The van der Waals surface area contributed by atoms with Crippen molar-refractivity contribution in [2.45, 2.75) is 25.0 Å². The zero-order valence-corrected chi connectivity index (χ0v) is 8.73. The van der Waals surface area contributed by atoms with E-state index in [2.05, 4.69) is 5.32 Å². The van der Waals surface area contributed by atoms with Gasteiger partial charge in [0.1, 0.15) is 5.75 Å². The highest BCUT2D eigenvalue weighted by molar-refractivity contribution is 5.73. The summed E-state index contributed by atoms with van der Waals surface area (Å²) >= 11 is 0. The molecule has 15 heavy (non-hydrogen) atoms. The lowest BCUT2D eigenvalue weighted by Gasteiger charge is -2.33. The summed E-state index contributed by atoms with van der Waals surface area (Å²) in [5.74, 6) is 0.680. The molecule has 0 aromatic heterocycles. The van der Waals surface area contributed by atoms with Crippen molar-refractivity contribution >= 4 is 11.4 Å². The Morgan fingerprint density at radius 1 is 1.47 bits per heavy atom. The molecule has 0 bridgehead atoms. The molecule has 0 amide bonds. The molecule has 0 radical (unpaired) electrons. The SMILES string of the molecule is COc1cccc(NC2CC(O)C2)c1N. The van der Waals surface area contributed by atoms with E-state index < -0.39 is 0 Å². The van der Waals surface area contributed by atoms with Crippen LogP contribution in [0.2, 0.25) is 0 Å². The average Bonchev–Trinajstić information content (AvgIpc) is 2.18. The van der Waals surface area contributed by atoms with Crippen LogP contribution in [-0.4, -0.2) is 24.4 Å². The molecule has 1 aromatic rings. The lowest BCUT2D eigenvalue weighted by atomic mass is 9.89. The van der Waals surface area contributed by atoms with Crippen LogP contribution < -0.4 is 15.8 Å². The second-order valence-electron chi connectivity index (χ2n) is 3.89. The third-order valence-corrected chi connectivity index (χ3v) is 2.76. The Bertz CT molecular complexity index is 348. The van der Waals surface area contributed by atoms with Crippen molar-refractivity contribution < 1.29 is 9.84 Å². The summed E-state index contributed by atoms with van der Waals surface area (Å²) in [6.45, 7) is 0. The van der Waals surface area contributed by atoms with Gasteiger partial charge in [-0.1, -0.05) is 6.07 Å². The highest BCUT2D eigenvalue weighted by Gasteiger charge is 2.27. The third kappa shape index (κ3) is 1.99. The minimum absolute atomic E-state index is 0.158. The van der Waals surface area contributed by atoms with E-state index in [9.17, 15) is 5.11 Å². The van der Waals surface area contributed by atoms with Crippen molar-refractivity contribution in [2.75, 3.05) is 18.2 Å². The maximum absolute atomic E-state index is 9.17. The molecule has 4 N–H and O–H groups in total. The first kappa shape index (κ1) is 10.1. The highest BCUT2D eigenvalue weighted by Crippen LogP contribution is 2.32. The number of methoxy groups -OCH3 is 1. The fourth-order valence-electron chi connectivity index (χ4n) is 1.77. The van der Waals surface area contributed by atoms with Gasteiger partial charge in [0, 0.05) is 6.04 Å². The molecule has 0 saturated heterocycles. The minimum atomic E-state index is -0.158. The number of benzene rings is 1. The first-order chi connectivity index (χ1) is 7.20. The zero-order chi connectivity index (χ0) is 10.8. The second kappa shape index (κ2) is 3.98. The number of ether oxygens (including phenoxy) is 1. The Labute approximate surface area is 89.0 Å². The van der Waals surface area contributed by atoms with E-state index in [1.54, 1.807) is 7.11 Å². The Kier molecular flexibility index (Phi) is 2.68. The smallest absolute Gasteiger partial charge is 0.143 e. The maximum Gasteiger partial charge on any atom is 0.143 e. The van der Waals surface area contributed by atoms with E-state index in [-0.39, 0.29) is 6.10 Å². The average molecular weight is 208 g/mol. The van der Waals surface area contributed by atoms with Crippen molar-refractivity contribution in [3.63, 3.8) is 0 Å².